The Morgan fingerprint density at radius 3 is 2.88 bits per heavy atom. The highest BCUT2D eigenvalue weighted by Gasteiger charge is 2.06. The summed E-state index contributed by atoms with van der Waals surface area (Å²) >= 11 is 0. The van der Waals surface area contributed by atoms with Crippen LogP contribution in [0.25, 0.3) is 0 Å². The largest absolute Gasteiger partial charge is 0.453 e. The van der Waals surface area contributed by atoms with Crippen molar-refractivity contribution in [3.05, 3.63) is 54.1 Å². The van der Waals surface area contributed by atoms with Crippen LogP contribution in [0.5, 0.6) is 11.5 Å². The quantitative estimate of drug-likeness (QED) is 0.602. The lowest BCUT2D eigenvalue weighted by Gasteiger charge is -2.09. The first-order chi connectivity index (χ1) is 11.5. The van der Waals surface area contributed by atoms with Crippen LogP contribution in [0.1, 0.15) is 25.8 Å². The van der Waals surface area contributed by atoms with Crippen molar-refractivity contribution in [2.24, 2.45) is 16.6 Å². The van der Waals surface area contributed by atoms with Crippen molar-refractivity contribution < 1.29 is 9.13 Å². The van der Waals surface area contributed by atoms with Crippen LogP contribution in [-0.2, 0) is 6.54 Å². The molecule has 0 amide bonds. The third-order valence-electron chi connectivity index (χ3n) is 3.32. The maximum absolute atomic E-state index is 14.1. The van der Waals surface area contributed by atoms with Gasteiger partial charge in [-0.25, -0.2) is 9.38 Å². The van der Waals surface area contributed by atoms with E-state index in [-0.39, 0.29) is 5.75 Å². The number of halogens is 1. The molecule has 6 heteroatoms. The molecule has 2 aromatic rings. The number of aromatic nitrogens is 1. The van der Waals surface area contributed by atoms with E-state index in [1.807, 2.05) is 0 Å². The van der Waals surface area contributed by atoms with E-state index in [0.717, 1.165) is 18.5 Å². The van der Waals surface area contributed by atoms with Gasteiger partial charge in [0.2, 0.25) is 0 Å². The third kappa shape index (κ3) is 5.87. The van der Waals surface area contributed by atoms with Crippen LogP contribution in [-0.4, -0.2) is 17.5 Å². The molecular formula is C18H23FN4O. The van der Waals surface area contributed by atoms with Crippen LogP contribution in [0.15, 0.2) is 47.7 Å². The van der Waals surface area contributed by atoms with Crippen molar-refractivity contribution in [3.8, 4) is 11.5 Å². The Morgan fingerprint density at radius 1 is 1.38 bits per heavy atom. The molecule has 5 nitrogen and oxygen atoms in total. The fourth-order valence-corrected chi connectivity index (χ4v) is 1.98. The van der Waals surface area contributed by atoms with Gasteiger partial charge < -0.3 is 15.8 Å². The second kappa shape index (κ2) is 8.86. The highest BCUT2D eigenvalue weighted by atomic mass is 19.1. The number of aliphatic imine (C=N–C) groups is 1. The Morgan fingerprint density at radius 2 is 2.21 bits per heavy atom. The van der Waals surface area contributed by atoms with E-state index in [1.54, 1.807) is 30.5 Å². The summed E-state index contributed by atoms with van der Waals surface area (Å²) in [6, 6.07) is 8.19. The number of nitrogens with two attached hydrogens (primary N) is 1. The molecule has 1 aromatic heterocycles. The molecule has 0 atom stereocenters. The van der Waals surface area contributed by atoms with Gasteiger partial charge in [-0.1, -0.05) is 19.9 Å². The number of hydrogen-bond acceptors (Lipinski definition) is 3. The maximum Gasteiger partial charge on any atom is 0.188 e. The fraction of sp³-hybridized carbons (Fsp3) is 0.333. The van der Waals surface area contributed by atoms with Crippen LogP contribution >= 0.6 is 0 Å². The summed E-state index contributed by atoms with van der Waals surface area (Å²) in [6.07, 6.45) is 4.18. The summed E-state index contributed by atoms with van der Waals surface area (Å²) in [4.78, 5) is 8.14. The molecule has 2 rings (SSSR count). The molecule has 1 aromatic carbocycles. The zero-order chi connectivity index (χ0) is 17.4. The van der Waals surface area contributed by atoms with Crippen LogP contribution < -0.4 is 15.8 Å². The van der Waals surface area contributed by atoms with Gasteiger partial charge in [-0.15, -0.1) is 0 Å². The first-order valence-corrected chi connectivity index (χ1v) is 7.94. The third-order valence-corrected chi connectivity index (χ3v) is 3.32. The summed E-state index contributed by atoms with van der Waals surface area (Å²) in [6.45, 7) is 5.38. The first kappa shape index (κ1) is 17.7. The summed E-state index contributed by atoms with van der Waals surface area (Å²) in [7, 11) is 0. The summed E-state index contributed by atoms with van der Waals surface area (Å²) in [5.74, 6) is 1.16. The predicted octanol–water partition coefficient (Wildman–Crippen LogP) is 3.46. The number of ether oxygens (including phenoxy) is 1. The molecule has 0 saturated heterocycles. The first-order valence-electron chi connectivity index (χ1n) is 7.94. The number of guanidine groups is 1. The summed E-state index contributed by atoms with van der Waals surface area (Å²) in [5.41, 5.74) is 6.51. The molecule has 0 spiro atoms. The Bertz CT molecular complexity index is 674. The van der Waals surface area contributed by atoms with E-state index in [2.05, 4.69) is 29.1 Å². The molecule has 0 bridgehead atoms. The van der Waals surface area contributed by atoms with Crippen molar-refractivity contribution in [2.45, 2.75) is 26.8 Å². The van der Waals surface area contributed by atoms with Gasteiger partial charge >= 0.3 is 0 Å². The number of benzene rings is 1. The van der Waals surface area contributed by atoms with Crippen LogP contribution in [0.2, 0.25) is 0 Å². The molecule has 24 heavy (non-hydrogen) atoms. The molecule has 128 valence electrons. The highest BCUT2D eigenvalue weighted by molar-refractivity contribution is 5.77. The van der Waals surface area contributed by atoms with Gasteiger partial charge in [0.1, 0.15) is 5.75 Å². The van der Waals surface area contributed by atoms with E-state index >= 15 is 0 Å². The van der Waals surface area contributed by atoms with Gasteiger partial charge in [0.25, 0.3) is 0 Å². The average Bonchev–Trinajstić information content (AvgIpc) is 2.56. The molecule has 3 N–H and O–H groups in total. The van der Waals surface area contributed by atoms with Gasteiger partial charge in [-0.2, -0.15) is 0 Å². The van der Waals surface area contributed by atoms with Crippen molar-refractivity contribution >= 4 is 5.96 Å². The Labute approximate surface area is 141 Å². The van der Waals surface area contributed by atoms with Crippen molar-refractivity contribution in [2.75, 3.05) is 6.54 Å². The number of nitrogens with zero attached hydrogens (tertiary/aromatic N) is 2. The van der Waals surface area contributed by atoms with Gasteiger partial charge in [0.05, 0.1) is 12.7 Å². The lowest BCUT2D eigenvalue weighted by Crippen LogP contribution is -2.32. The normalized spacial score (nSPS) is 11.6. The van der Waals surface area contributed by atoms with Crippen LogP contribution in [0, 0.1) is 11.7 Å². The molecule has 0 unspecified atom stereocenters. The summed E-state index contributed by atoms with van der Waals surface area (Å²) in [5, 5.41) is 3.05. The zero-order valence-electron chi connectivity index (χ0n) is 14.0. The monoisotopic (exact) mass is 330 g/mol. The van der Waals surface area contributed by atoms with Crippen molar-refractivity contribution in [3.63, 3.8) is 0 Å². The fourth-order valence-electron chi connectivity index (χ4n) is 1.98. The van der Waals surface area contributed by atoms with Crippen molar-refractivity contribution in [1.82, 2.24) is 10.3 Å². The molecule has 0 fully saturated rings. The van der Waals surface area contributed by atoms with Crippen LogP contribution in [0.4, 0.5) is 4.39 Å². The zero-order valence-corrected chi connectivity index (χ0v) is 14.0. The Kier molecular flexibility index (Phi) is 6.54. The molecule has 0 saturated carbocycles. The molecule has 0 aliphatic heterocycles. The van der Waals surface area contributed by atoms with E-state index in [4.69, 9.17) is 10.5 Å². The Hall–Kier alpha value is -2.63. The molecule has 0 aliphatic carbocycles. The van der Waals surface area contributed by atoms with Crippen LogP contribution in [0.3, 0.4) is 0 Å². The second-order valence-corrected chi connectivity index (χ2v) is 5.87. The number of nitrogens with one attached hydrogen (secondary N) is 1. The maximum atomic E-state index is 14.1. The van der Waals surface area contributed by atoms with Crippen molar-refractivity contribution in [1.29, 1.82) is 0 Å². The minimum atomic E-state index is -0.446. The van der Waals surface area contributed by atoms with Gasteiger partial charge in [-0.05, 0) is 42.2 Å². The van der Waals surface area contributed by atoms with E-state index in [1.165, 1.54) is 12.3 Å². The van der Waals surface area contributed by atoms with Gasteiger partial charge in [0.15, 0.2) is 17.5 Å². The number of rotatable bonds is 7. The predicted molar refractivity (Wildman–Crippen MR) is 93.5 cm³/mol. The summed E-state index contributed by atoms with van der Waals surface area (Å²) < 4.78 is 19.6. The van der Waals surface area contributed by atoms with Gasteiger partial charge in [0, 0.05) is 12.7 Å². The number of pyridine rings is 1. The average molecular weight is 330 g/mol. The number of hydrogen-bond donors (Lipinski definition) is 2. The molecule has 0 radical (unpaired) electrons. The second-order valence-electron chi connectivity index (χ2n) is 5.87. The minimum Gasteiger partial charge on any atom is -0.453 e. The van der Waals surface area contributed by atoms with E-state index in [9.17, 15) is 4.39 Å². The lowest BCUT2D eigenvalue weighted by atomic mass is 10.1. The van der Waals surface area contributed by atoms with E-state index < -0.39 is 5.82 Å². The Balaban J connectivity index is 1.92. The highest BCUT2D eigenvalue weighted by Crippen LogP contribution is 2.24. The molecule has 0 aliphatic rings. The minimum absolute atomic E-state index is 0.152. The van der Waals surface area contributed by atoms with Gasteiger partial charge in [-0.3, -0.25) is 4.98 Å². The standard InChI is InChI=1S/C18H23FN4O/c1-13(2)7-9-22-18(20)23-11-14-5-6-17(16(19)10-14)24-15-4-3-8-21-12-15/h3-6,8,10,12-13H,7,9,11H2,1-2H3,(H3,20,22,23). The SMILES string of the molecule is CC(C)CCNC(N)=NCc1ccc(Oc2cccnc2)c(F)c1. The topological polar surface area (TPSA) is 72.5 Å². The smallest absolute Gasteiger partial charge is 0.188 e. The lowest BCUT2D eigenvalue weighted by molar-refractivity contribution is 0.440. The molecular weight excluding hydrogens is 307 g/mol. The molecule has 1 heterocycles. The van der Waals surface area contributed by atoms with E-state index in [0.29, 0.717) is 24.2 Å².